The van der Waals surface area contributed by atoms with Crippen LogP contribution in [0.25, 0.3) is 0 Å². The maximum absolute atomic E-state index is 13.6. The molecule has 2 N–H and O–H groups in total. The van der Waals surface area contributed by atoms with Crippen molar-refractivity contribution in [2.24, 2.45) is 9.98 Å². The Morgan fingerprint density at radius 2 is 2.11 bits per heavy atom. The topological polar surface area (TPSA) is 69.1 Å². The van der Waals surface area contributed by atoms with Gasteiger partial charge in [-0.2, -0.15) is 13.2 Å². The van der Waals surface area contributed by atoms with Gasteiger partial charge in [0.2, 0.25) is 11.7 Å². The van der Waals surface area contributed by atoms with E-state index < -0.39 is 48.2 Å². The summed E-state index contributed by atoms with van der Waals surface area (Å²) in [6, 6.07) is -1.43. The Morgan fingerprint density at radius 3 is 2.56 bits per heavy atom. The smallest absolute Gasteiger partial charge is 0.334 e. The van der Waals surface area contributed by atoms with E-state index in [1.807, 2.05) is 0 Å². The number of hydrogen-bond donors (Lipinski definition) is 2. The van der Waals surface area contributed by atoms with Crippen LogP contribution in [0, 0.1) is 0 Å². The standard InChI is InChI=1S/C16H24F5N5O/c1-5-23-15(16(19,20)21)26(4)13(8-22-7-9(2)17)25-14(27)12-6-11(18)10(3)24-12/h7,10-13,24H,2,5-6,8H2,1,3-4H3,(H,25,27)/t10-,11+,12-,13?/m0/s1. The SMILES string of the molecule is C=C(F)C=NCC(NC(=O)[C@@H]1C[C@@H](F)[C@H](C)N1)N(C)C(=NCC)C(F)(F)F. The molecule has 0 aromatic carbocycles. The Bertz CT molecular complexity index is 582. The van der Waals surface area contributed by atoms with E-state index in [0.29, 0.717) is 4.90 Å². The van der Waals surface area contributed by atoms with Crippen molar-refractivity contribution in [2.75, 3.05) is 20.1 Å². The van der Waals surface area contributed by atoms with Crippen molar-refractivity contribution in [3.05, 3.63) is 12.4 Å². The van der Waals surface area contributed by atoms with Crippen LogP contribution in [0.2, 0.25) is 0 Å². The molecule has 27 heavy (non-hydrogen) atoms. The number of hydrogen-bond acceptors (Lipinski definition) is 4. The van der Waals surface area contributed by atoms with Crippen molar-refractivity contribution < 1.29 is 26.7 Å². The average molecular weight is 397 g/mol. The van der Waals surface area contributed by atoms with Gasteiger partial charge in [-0.25, -0.2) is 8.78 Å². The number of nitrogens with zero attached hydrogens (tertiary/aromatic N) is 3. The van der Waals surface area contributed by atoms with Crippen LogP contribution >= 0.6 is 0 Å². The van der Waals surface area contributed by atoms with Crippen molar-refractivity contribution in [1.82, 2.24) is 15.5 Å². The molecule has 1 heterocycles. The van der Waals surface area contributed by atoms with Crippen molar-refractivity contribution in [3.8, 4) is 0 Å². The first-order chi connectivity index (χ1) is 12.5. The van der Waals surface area contributed by atoms with Gasteiger partial charge in [-0.1, -0.05) is 6.58 Å². The molecule has 1 saturated heterocycles. The lowest BCUT2D eigenvalue weighted by atomic mass is 10.1. The minimum Gasteiger partial charge on any atom is -0.334 e. The molecule has 1 aliphatic heterocycles. The normalized spacial score (nSPS) is 24.9. The largest absolute Gasteiger partial charge is 0.449 e. The summed E-state index contributed by atoms with van der Waals surface area (Å²) in [5, 5.41) is 5.13. The number of rotatable bonds is 7. The quantitative estimate of drug-likeness (QED) is 0.299. The Hall–Kier alpha value is -2.04. The maximum Gasteiger partial charge on any atom is 0.449 e. The molecular formula is C16H24F5N5O. The van der Waals surface area contributed by atoms with Gasteiger partial charge in [-0.05, 0) is 13.8 Å². The molecule has 11 heteroatoms. The van der Waals surface area contributed by atoms with E-state index >= 15 is 0 Å². The van der Waals surface area contributed by atoms with E-state index in [-0.39, 0.29) is 19.5 Å². The van der Waals surface area contributed by atoms with E-state index in [4.69, 9.17) is 0 Å². The summed E-state index contributed by atoms with van der Waals surface area (Å²) in [6.07, 6.45) is -6.62. The summed E-state index contributed by atoms with van der Waals surface area (Å²) in [6.45, 7) is 5.45. The summed E-state index contributed by atoms with van der Waals surface area (Å²) in [5.41, 5.74) is 0. The van der Waals surface area contributed by atoms with Crippen LogP contribution in [0.4, 0.5) is 22.0 Å². The second-order valence-corrected chi connectivity index (χ2v) is 6.13. The number of aliphatic imine (C=N–C) groups is 2. The molecule has 4 atom stereocenters. The summed E-state index contributed by atoms with van der Waals surface area (Å²) >= 11 is 0. The number of likely N-dealkylation sites (N-methyl/N-ethyl adjacent to an activating group) is 1. The molecule has 0 bridgehead atoms. The van der Waals surface area contributed by atoms with Crippen molar-refractivity contribution in [1.29, 1.82) is 0 Å². The second-order valence-electron chi connectivity index (χ2n) is 6.13. The van der Waals surface area contributed by atoms with Gasteiger partial charge in [0.15, 0.2) is 0 Å². The predicted molar refractivity (Wildman–Crippen MR) is 93.2 cm³/mol. The summed E-state index contributed by atoms with van der Waals surface area (Å²) < 4.78 is 66.1. The minimum atomic E-state index is -4.76. The minimum absolute atomic E-state index is 0.0941. The Balaban J connectivity index is 2.99. The summed E-state index contributed by atoms with van der Waals surface area (Å²) in [4.78, 5) is 20.1. The molecule has 154 valence electrons. The van der Waals surface area contributed by atoms with Gasteiger partial charge < -0.3 is 15.5 Å². The zero-order valence-electron chi connectivity index (χ0n) is 15.4. The lowest BCUT2D eigenvalue weighted by molar-refractivity contribution is -0.124. The van der Waals surface area contributed by atoms with E-state index in [1.54, 1.807) is 6.92 Å². The monoisotopic (exact) mass is 397 g/mol. The number of allylic oxidation sites excluding steroid dienone is 1. The van der Waals surface area contributed by atoms with Gasteiger partial charge in [0.25, 0.3) is 0 Å². The van der Waals surface area contributed by atoms with Crippen LogP contribution in [0.1, 0.15) is 20.3 Å². The Labute approximate surface area is 154 Å². The van der Waals surface area contributed by atoms with Crippen molar-refractivity contribution >= 4 is 18.0 Å². The molecule has 0 aliphatic carbocycles. The molecule has 6 nitrogen and oxygen atoms in total. The highest BCUT2D eigenvalue weighted by atomic mass is 19.4. The van der Waals surface area contributed by atoms with Crippen LogP contribution in [-0.4, -0.2) is 73.6 Å². The highest BCUT2D eigenvalue weighted by molar-refractivity contribution is 5.89. The summed E-state index contributed by atoms with van der Waals surface area (Å²) in [7, 11) is 1.09. The van der Waals surface area contributed by atoms with Crippen LogP contribution in [0.3, 0.4) is 0 Å². The van der Waals surface area contributed by atoms with Crippen LogP contribution in [-0.2, 0) is 4.79 Å². The van der Waals surface area contributed by atoms with Crippen LogP contribution in [0.15, 0.2) is 22.4 Å². The molecule has 1 rings (SSSR count). The van der Waals surface area contributed by atoms with E-state index in [1.165, 1.54) is 6.92 Å². The number of nitrogens with one attached hydrogen (secondary N) is 2. The highest BCUT2D eigenvalue weighted by Crippen LogP contribution is 2.21. The number of alkyl halides is 4. The van der Waals surface area contributed by atoms with Gasteiger partial charge in [0.05, 0.1) is 18.8 Å². The first-order valence-corrected chi connectivity index (χ1v) is 8.36. The molecule has 1 fully saturated rings. The van der Waals surface area contributed by atoms with Gasteiger partial charge in [0.1, 0.15) is 18.2 Å². The third-order valence-corrected chi connectivity index (χ3v) is 3.97. The molecule has 0 spiro atoms. The summed E-state index contributed by atoms with van der Waals surface area (Å²) in [5.74, 6) is -2.76. The fourth-order valence-electron chi connectivity index (χ4n) is 2.58. The fourth-order valence-corrected chi connectivity index (χ4v) is 2.58. The second kappa shape index (κ2) is 9.77. The Morgan fingerprint density at radius 1 is 1.48 bits per heavy atom. The molecule has 0 saturated carbocycles. The van der Waals surface area contributed by atoms with Crippen molar-refractivity contribution in [2.45, 2.75) is 50.9 Å². The number of carbonyl (C=O) groups is 1. The number of carbonyl (C=O) groups excluding carboxylic acids is 1. The third kappa shape index (κ3) is 6.89. The molecule has 0 aromatic heterocycles. The molecule has 1 aliphatic rings. The molecule has 0 radical (unpaired) electrons. The molecular weight excluding hydrogens is 373 g/mol. The van der Waals surface area contributed by atoms with E-state index in [0.717, 1.165) is 13.3 Å². The van der Waals surface area contributed by atoms with E-state index in [2.05, 4.69) is 27.2 Å². The zero-order valence-corrected chi connectivity index (χ0v) is 15.4. The average Bonchev–Trinajstić information content (AvgIpc) is 2.89. The molecule has 0 aromatic rings. The highest BCUT2D eigenvalue weighted by Gasteiger charge is 2.42. The molecule has 1 unspecified atom stereocenters. The fraction of sp³-hybridized carbons (Fsp3) is 0.688. The predicted octanol–water partition coefficient (Wildman–Crippen LogP) is 1.98. The Kier molecular flexibility index (Phi) is 8.32. The van der Waals surface area contributed by atoms with E-state index in [9.17, 15) is 26.7 Å². The first-order valence-electron chi connectivity index (χ1n) is 8.36. The number of amides is 1. The van der Waals surface area contributed by atoms with Crippen molar-refractivity contribution in [3.63, 3.8) is 0 Å². The first kappa shape index (κ1) is 23.0. The third-order valence-electron chi connectivity index (χ3n) is 3.97. The zero-order chi connectivity index (χ0) is 20.8. The number of amidine groups is 1. The van der Waals surface area contributed by atoms with Crippen LogP contribution in [0.5, 0.6) is 0 Å². The van der Waals surface area contributed by atoms with Gasteiger partial charge in [-0.3, -0.25) is 14.8 Å². The molecule has 1 amide bonds. The van der Waals surface area contributed by atoms with Gasteiger partial charge >= 0.3 is 6.18 Å². The number of halogens is 5. The van der Waals surface area contributed by atoms with Gasteiger partial charge in [0, 0.05) is 26.1 Å². The lowest BCUT2D eigenvalue weighted by Gasteiger charge is -2.32. The lowest BCUT2D eigenvalue weighted by Crippen LogP contribution is -2.57. The maximum atomic E-state index is 13.6. The van der Waals surface area contributed by atoms with Gasteiger partial charge in [-0.15, -0.1) is 0 Å². The van der Waals surface area contributed by atoms with Crippen LogP contribution < -0.4 is 10.6 Å².